The molecule has 176 valence electrons. The maximum Gasteiger partial charge on any atom is 0.522 e. The first-order chi connectivity index (χ1) is 15.5. The molecule has 0 unspecified atom stereocenters. The van der Waals surface area contributed by atoms with Crippen LogP contribution in [0, 0.1) is 6.92 Å². The molecule has 0 radical (unpaired) electrons. The molecule has 2 amide bonds. The fourth-order valence-corrected chi connectivity index (χ4v) is 5.19. The number of rotatable bonds is 7. The highest BCUT2D eigenvalue weighted by Gasteiger charge is 2.69. The third-order valence-corrected chi connectivity index (χ3v) is 6.69. The average molecular weight is 463 g/mol. The summed E-state index contributed by atoms with van der Waals surface area (Å²) in [7, 11) is 0. The topological polar surface area (TPSA) is 89.6 Å². The number of nitrogens with one attached hydrogen (secondary N) is 2. The van der Waals surface area contributed by atoms with Crippen LogP contribution in [0.4, 0.5) is 13.2 Å². The van der Waals surface area contributed by atoms with Crippen LogP contribution in [0.15, 0.2) is 30.3 Å². The Morgan fingerprint density at radius 2 is 1.76 bits per heavy atom. The lowest BCUT2D eigenvalue weighted by atomic mass is 9.44. The van der Waals surface area contributed by atoms with Gasteiger partial charge in [-0.05, 0) is 44.4 Å². The minimum absolute atomic E-state index is 0.121. The summed E-state index contributed by atoms with van der Waals surface area (Å²) in [4.78, 5) is 29.3. The highest BCUT2D eigenvalue weighted by Crippen LogP contribution is 2.60. The molecule has 10 heteroatoms. The number of fused-ring (bicyclic) bond motifs is 1. The molecule has 4 aliphatic rings. The van der Waals surface area contributed by atoms with Crippen LogP contribution in [-0.2, 0) is 14.3 Å². The van der Waals surface area contributed by atoms with Crippen LogP contribution in [0.1, 0.15) is 48.2 Å². The van der Waals surface area contributed by atoms with Crippen LogP contribution in [0.5, 0.6) is 0 Å². The molecule has 1 aromatic carbocycles. The molecule has 1 heterocycles. The summed E-state index contributed by atoms with van der Waals surface area (Å²) in [6.45, 7) is 1.80. The molecule has 2 N–H and O–H groups in total. The summed E-state index contributed by atoms with van der Waals surface area (Å²) in [6.07, 6.45) is -3.81. The molecule has 4 aliphatic carbocycles. The van der Waals surface area contributed by atoms with Gasteiger partial charge in [0, 0.05) is 29.3 Å². The van der Waals surface area contributed by atoms with Gasteiger partial charge >= 0.3 is 6.36 Å². The smallest absolute Gasteiger partial charge is 0.368 e. The monoisotopic (exact) mass is 463 g/mol. The van der Waals surface area contributed by atoms with Crippen LogP contribution in [0.2, 0.25) is 0 Å². The van der Waals surface area contributed by atoms with Crippen molar-refractivity contribution in [3.05, 3.63) is 41.6 Å². The van der Waals surface area contributed by atoms with Gasteiger partial charge in [0.15, 0.2) is 0 Å². The van der Waals surface area contributed by atoms with E-state index >= 15 is 0 Å². The Morgan fingerprint density at radius 1 is 1.06 bits per heavy atom. The van der Waals surface area contributed by atoms with Crippen LogP contribution in [0.25, 0.3) is 10.9 Å². The second-order valence-electron chi connectivity index (χ2n) is 9.58. The van der Waals surface area contributed by atoms with E-state index in [4.69, 9.17) is 4.74 Å². The number of aromatic nitrogens is 1. The molecule has 4 saturated carbocycles. The SMILES string of the molecule is Cc1ccc2nc(C(=O)NC34CC(NC(=O)COC5CC(OC(F)(F)F)C5)(C3)C4)ccc2c1. The van der Waals surface area contributed by atoms with Crippen LogP contribution < -0.4 is 10.6 Å². The van der Waals surface area contributed by atoms with Crippen molar-refractivity contribution in [1.82, 2.24) is 15.6 Å². The third kappa shape index (κ3) is 4.54. The van der Waals surface area contributed by atoms with Gasteiger partial charge in [0.25, 0.3) is 5.91 Å². The lowest BCUT2D eigenvalue weighted by Crippen LogP contribution is -2.84. The van der Waals surface area contributed by atoms with Crippen molar-refractivity contribution in [1.29, 1.82) is 0 Å². The van der Waals surface area contributed by atoms with E-state index in [-0.39, 0.29) is 42.3 Å². The molecule has 2 bridgehead atoms. The summed E-state index contributed by atoms with van der Waals surface area (Å²) >= 11 is 0. The molecule has 7 nitrogen and oxygen atoms in total. The second-order valence-corrected chi connectivity index (χ2v) is 9.58. The Kier molecular flexibility index (Phi) is 5.13. The molecule has 2 aromatic rings. The average Bonchev–Trinajstić information content (AvgIpc) is 2.65. The van der Waals surface area contributed by atoms with Gasteiger partial charge in [-0.2, -0.15) is 0 Å². The number of carbonyl (C=O) groups is 2. The molecule has 0 spiro atoms. The molecular weight excluding hydrogens is 439 g/mol. The van der Waals surface area contributed by atoms with Crippen molar-refractivity contribution in [3.8, 4) is 0 Å². The minimum Gasteiger partial charge on any atom is -0.368 e. The van der Waals surface area contributed by atoms with Gasteiger partial charge in [-0.1, -0.05) is 17.7 Å². The van der Waals surface area contributed by atoms with Gasteiger partial charge in [-0.15, -0.1) is 13.2 Å². The molecule has 6 rings (SSSR count). The number of ether oxygens (including phenoxy) is 2. The number of hydrogen-bond donors (Lipinski definition) is 2. The summed E-state index contributed by atoms with van der Waals surface area (Å²) in [5.41, 5.74) is 1.57. The number of amides is 2. The molecule has 1 aromatic heterocycles. The molecular formula is C23H24F3N3O4. The third-order valence-electron chi connectivity index (χ3n) is 6.69. The zero-order chi connectivity index (χ0) is 23.4. The fourth-order valence-electron chi connectivity index (χ4n) is 5.19. The van der Waals surface area contributed by atoms with Gasteiger partial charge in [0.2, 0.25) is 5.91 Å². The molecule has 4 fully saturated rings. The van der Waals surface area contributed by atoms with Crippen molar-refractivity contribution in [2.45, 2.75) is 68.7 Å². The molecule has 0 atom stereocenters. The van der Waals surface area contributed by atoms with Crippen molar-refractivity contribution in [2.75, 3.05) is 6.61 Å². The molecule has 33 heavy (non-hydrogen) atoms. The normalized spacial score (nSPS) is 30.1. The number of halogens is 3. The Morgan fingerprint density at radius 3 is 2.45 bits per heavy atom. The number of hydrogen-bond acceptors (Lipinski definition) is 5. The first kappa shape index (κ1) is 22.1. The Balaban J connectivity index is 1.05. The summed E-state index contributed by atoms with van der Waals surface area (Å²) in [5, 5.41) is 6.97. The second kappa shape index (κ2) is 7.66. The van der Waals surface area contributed by atoms with E-state index in [2.05, 4.69) is 20.4 Å². The van der Waals surface area contributed by atoms with E-state index in [1.165, 1.54) is 0 Å². The van der Waals surface area contributed by atoms with Crippen molar-refractivity contribution in [2.24, 2.45) is 0 Å². The lowest BCUT2D eigenvalue weighted by Gasteiger charge is -2.70. The standard InChI is InChI=1S/C23H24F3N3O4/c1-13-2-4-17-14(6-13)3-5-18(27-17)20(31)29-22-10-21(11-22,12-22)28-19(30)9-32-15-7-16(8-15)33-23(24,25)26/h2-6,15-16H,7-12H2,1H3,(H,28,30)(H,29,31). The van der Waals surface area contributed by atoms with Gasteiger partial charge in [0.05, 0.1) is 17.7 Å². The first-order valence-electron chi connectivity index (χ1n) is 10.9. The quantitative estimate of drug-likeness (QED) is 0.659. The fraction of sp³-hybridized carbons (Fsp3) is 0.522. The van der Waals surface area contributed by atoms with Crippen molar-refractivity contribution >= 4 is 22.7 Å². The summed E-state index contributed by atoms with van der Waals surface area (Å²) < 4.78 is 45.7. The largest absolute Gasteiger partial charge is 0.522 e. The lowest BCUT2D eigenvalue weighted by molar-refractivity contribution is -0.357. The predicted molar refractivity (Wildman–Crippen MR) is 111 cm³/mol. The number of alkyl halides is 3. The van der Waals surface area contributed by atoms with Gasteiger partial charge < -0.3 is 15.4 Å². The summed E-state index contributed by atoms with van der Waals surface area (Å²) in [5.74, 6) is -0.539. The van der Waals surface area contributed by atoms with Crippen molar-refractivity contribution < 1.29 is 32.2 Å². The van der Waals surface area contributed by atoms with E-state index in [0.717, 1.165) is 16.5 Å². The van der Waals surface area contributed by atoms with Crippen LogP contribution in [0.3, 0.4) is 0 Å². The van der Waals surface area contributed by atoms with Gasteiger partial charge in [-0.3, -0.25) is 14.3 Å². The maximum atomic E-state index is 12.7. The van der Waals surface area contributed by atoms with E-state index < -0.39 is 18.6 Å². The zero-order valence-corrected chi connectivity index (χ0v) is 18.0. The minimum atomic E-state index is -4.65. The highest BCUT2D eigenvalue weighted by molar-refractivity contribution is 5.95. The number of benzene rings is 1. The predicted octanol–water partition coefficient (Wildman–Crippen LogP) is 3.15. The molecule has 0 aliphatic heterocycles. The van der Waals surface area contributed by atoms with E-state index in [1.807, 2.05) is 31.2 Å². The maximum absolute atomic E-state index is 12.7. The first-order valence-corrected chi connectivity index (χ1v) is 10.9. The Hall–Kier alpha value is -2.72. The van der Waals surface area contributed by atoms with E-state index in [9.17, 15) is 22.8 Å². The Bertz CT molecular complexity index is 1090. The van der Waals surface area contributed by atoms with E-state index in [1.54, 1.807) is 6.07 Å². The van der Waals surface area contributed by atoms with Gasteiger partial charge in [0.1, 0.15) is 12.3 Å². The number of carbonyl (C=O) groups excluding carboxylic acids is 2. The highest BCUT2D eigenvalue weighted by atomic mass is 19.4. The van der Waals surface area contributed by atoms with Gasteiger partial charge in [-0.25, -0.2) is 4.98 Å². The number of pyridine rings is 1. The van der Waals surface area contributed by atoms with Crippen molar-refractivity contribution in [3.63, 3.8) is 0 Å². The summed E-state index contributed by atoms with van der Waals surface area (Å²) in [6, 6.07) is 9.45. The number of aryl methyl sites for hydroxylation is 1. The van der Waals surface area contributed by atoms with Crippen LogP contribution >= 0.6 is 0 Å². The zero-order valence-electron chi connectivity index (χ0n) is 18.0. The molecule has 0 saturated heterocycles. The van der Waals surface area contributed by atoms with E-state index in [0.29, 0.717) is 25.0 Å². The number of nitrogens with zero attached hydrogens (tertiary/aromatic N) is 1. The van der Waals surface area contributed by atoms with Crippen LogP contribution in [-0.4, -0.2) is 53.1 Å². The Labute approximate surface area is 188 Å².